The molecule has 0 rings (SSSR count). The van der Waals surface area contributed by atoms with E-state index >= 15 is 0 Å². The van der Waals surface area contributed by atoms with Gasteiger partial charge in [-0.05, 0) is 57.8 Å². The Morgan fingerprint density at radius 1 is 0.333 bits per heavy atom. The molecule has 0 aromatic heterocycles. The van der Waals surface area contributed by atoms with E-state index < -0.39 is 6.10 Å². The van der Waals surface area contributed by atoms with Crippen molar-refractivity contribution < 1.29 is 28.6 Å². The third-order valence-electron chi connectivity index (χ3n) is 11.1. The normalized spacial score (nSPS) is 12.4. The van der Waals surface area contributed by atoms with Gasteiger partial charge in [0.2, 0.25) is 0 Å². The predicted octanol–water partition coefficient (Wildman–Crippen LogP) is 16.7. The lowest BCUT2D eigenvalue weighted by atomic mass is 10.0. The molecule has 0 aliphatic heterocycles. The second-order valence-corrected chi connectivity index (χ2v) is 17.1. The first-order valence-corrected chi connectivity index (χ1v) is 25.6. The average molecular weight is 841 g/mol. The SMILES string of the molecule is CCCCC/C=C\C/C=C\C/C=C\C/C=C\CCCC(=O)OC[C@@H](COC(=O)CCCCCCCCCCC)OC(=O)CCCCCCCCCCCCCCCCCC. The van der Waals surface area contributed by atoms with E-state index in [0.717, 1.165) is 64.2 Å². The third kappa shape index (κ3) is 46.4. The van der Waals surface area contributed by atoms with Crippen LogP contribution in [0.2, 0.25) is 0 Å². The van der Waals surface area contributed by atoms with E-state index in [-0.39, 0.29) is 37.5 Å². The highest BCUT2D eigenvalue weighted by atomic mass is 16.6. The Hall–Kier alpha value is -2.63. The second-order valence-electron chi connectivity index (χ2n) is 17.1. The first-order chi connectivity index (χ1) is 29.5. The number of hydrogen-bond acceptors (Lipinski definition) is 6. The zero-order valence-corrected chi connectivity index (χ0v) is 39.7. The Balaban J connectivity index is 4.39. The number of esters is 3. The Morgan fingerprint density at radius 3 is 1.00 bits per heavy atom. The standard InChI is InChI=1S/C54H96O6/c1-4-7-10-13-16-19-21-23-25-27-29-30-32-35-38-41-44-47-53(56)59-50-51(49-58-52(55)46-43-40-37-34-18-15-12-9-6-3)60-54(57)48-45-42-39-36-33-31-28-26-24-22-20-17-14-11-8-5-2/h16,19,23,25,29-30,35,38,51H,4-15,17-18,20-22,24,26-28,31-34,36-37,39-50H2,1-3H3/b19-16-,25-23-,30-29-,38-35-/t51-/m1/s1. The van der Waals surface area contributed by atoms with Crippen LogP contribution in [0.1, 0.15) is 258 Å². The molecular formula is C54H96O6. The van der Waals surface area contributed by atoms with Crippen molar-refractivity contribution in [1.29, 1.82) is 0 Å². The van der Waals surface area contributed by atoms with Crippen molar-refractivity contribution in [2.75, 3.05) is 13.2 Å². The monoisotopic (exact) mass is 841 g/mol. The van der Waals surface area contributed by atoms with Crippen LogP contribution in [0, 0.1) is 0 Å². The number of ether oxygens (including phenoxy) is 3. The number of hydrogen-bond donors (Lipinski definition) is 0. The topological polar surface area (TPSA) is 78.9 Å². The summed E-state index contributed by atoms with van der Waals surface area (Å²) in [6.45, 7) is 6.56. The maximum Gasteiger partial charge on any atom is 0.306 e. The number of unbranched alkanes of at least 4 members (excludes halogenated alkanes) is 27. The van der Waals surface area contributed by atoms with Crippen LogP contribution in [0.4, 0.5) is 0 Å². The largest absolute Gasteiger partial charge is 0.462 e. The van der Waals surface area contributed by atoms with Gasteiger partial charge < -0.3 is 14.2 Å². The van der Waals surface area contributed by atoms with Gasteiger partial charge in [0.15, 0.2) is 6.10 Å². The summed E-state index contributed by atoms with van der Waals surface area (Å²) in [6, 6.07) is 0. The van der Waals surface area contributed by atoms with E-state index in [1.807, 2.05) is 0 Å². The quantitative estimate of drug-likeness (QED) is 0.0263. The van der Waals surface area contributed by atoms with Gasteiger partial charge in [-0.3, -0.25) is 14.4 Å². The fourth-order valence-electron chi connectivity index (χ4n) is 7.20. The van der Waals surface area contributed by atoms with Crippen LogP contribution in [-0.4, -0.2) is 37.2 Å². The van der Waals surface area contributed by atoms with Crippen molar-refractivity contribution in [1.82, 2.24) is 0 Å². The van der Waals surface area contributed by atoms with Crippen LogP contribution >= 0.6 is 0 Å². The summed E-state index contributed by atoms with van der Waals surface area (Å²) in [5, 5.41) is 0. The number of allylic oxidation sites excluding steroid dienone is 8. The first kappa shape index (κ1) is 57.4. The fourth-order valence-corrected chi connectivity index (χ4v) is 7.20. The molecule has 0 aliphatic carbocycles. The Morgan fingerprint density at radius 2 is 0.617 bits per heavy atom. The van der Waals surface area contributed by atoms with Gasteiger partial charge in [-0.2, -0.15) is 0 Å². The van der Waals surface area contributed by atoms with E-state index in [1.165, 1.54) is 148 Å². The molecule has 0 aromatic rings. The molecule has 0 saturated heterocycles. The predicted molar refractivity (Wildman–Crippen MR) is 256 cm³/mol. The highest BCUT2D eigenvalue weighted by molar-refractivity contribution is 5.71. The minimum absolute atomic E-state index is 0.0868. The summed E-state index contributed by atoms with van der Waals surface area (Å²) in [4.78, 5) is 37.8. The third-order valence-corrected chi connectivity index (χ3v) is 11.1. The average Bonchev–Trinajstić information content (AvgIpc) is 3.24. The maximum absolute atomic E-state index is 12.8. The molecule has 60 heavy (non-hydrogen) atoms. The van der Waals surface area contributed by atoms with Crippen molar-refractivity contribution in [2.45, 2.75) is 264 Å². The minimum atomic E-state index is -0.789. The Kier molecular flexibility index (Phi) is 46.9. The van der Waals surface area contributed by atoms with Crippen LogP contribution in [0.3, 0.4) is 0 Å². The molecule has 0 bridgehead atoms. The van der Waals surface area contributed by atoms with Gasteiger partial charge in [0.1, 0.15) is 13.2 Å². The molecule has 1 atom stereocenters. The molecule has 0 unspecified atom stereocenters. The first-order valence-electron chi connectivity index (χ1n) is 25.6. The van der Waals surface area contributed by atoms with Gasteiger partial charge in [-0.25, -0.2) is 0 Å². The highest BCUT2D eigenvalue weighted by Crippen LogP contribution is 2.15. The van der Waals surface area contributed by atoms with Crippen LogP contribution in [-0.2, 0) is 28.6 Å². The highest BCUT2D eigenvalue weighted by Gasteiger charge is 2.19. The van der Waals surface area contributed by atoms with E-state index in [4.69, 9.17) is 14.2 Å². The lowest BCUT2D eigenvalue weighted by Crippen LogP contribution is -2.30. The zero-order valence-electron chi connectivity index (χ0n) is 39.7. The van der Waals surface area contributed by atoms with Gasteiger partial charge in [-0.1, -0.05) is 230 Å². The van der Waals surface area contributed by atoms with E-state index in [0.29, 0.717) is 19.3 Å². The number of carbonyl (C=O) groups is 3. The fraction of sp³-hybridized carbons (Fsp3) is 0.796. The van der Waals surface area contributed by atoms with Crippen LogP contribution in [0.15, 0.2) is 48.6 Å². The van der Waals surface area contributed by atoms with E-state index in [2.05, 4.69) is 69.4 Å². The van der Waals surface area contributed by atoms with Crippen molar-refractivity contribution in [3.8, 4) is 0 Å². The molecule has 6 heteroatoms. The molecule has 0 heterocycles. The Labute approximate surface area is 371 Å². The second kappa shape index (κ2) is 49.0. The molecule has 0 N–H and O–H groups in total. The zero-order chi connectivity index (χ0) is 43.7. The van der Waals surface area contributed by atoms with Crippen LogP contribution < -0.4 is 0 Å². The van der Waals surface area contributed by atoms with Crippen molar-refractivity contribution >= 4 is 17.9 Å². The van der Waals surface area contributed by atoms with Crippen molar-refractivity contribution in [3.05, 3.63) is 48.6 Å². The molecule has 0 fully saturated rings. The number of carbonyl (C=O) groups excluding carboxylic acids is 3. The molecule has 0 spiro atoms. The molecule has 0 aromatic carbocycles. The van der Waals surface area contributed by atoms with Crippen molar-refractivity contribution in [3.63, 3.8) is 0 Å². The summed E-state index contributed by atoms with van der Waals surface area (Å²) in [6.07, 6.45) is 58.2. The van der Waals surface area contributed by atoms with Crippen molar-refractivity contribution in [2.24, 2.45) is 0 Å². The summed E-state index contributed by atoms with van der Waals surface area (Å²) in [5.74, 6) is -0.940. The van der Waals surface area contributed by atoms with Crippen LogP contribution in [0.25, 0.3) is 0 Å². The molecule has 0 amide bonds. The summed E-state index contributed by atoms with van der Waals surface area (Å²) in [7, 11) is 0. The molecule has 6 nitrogen and oxygen atoms in total. The molecule has 0 aliphatic rings. The lowest BCUT2D eigenvalue weighted by molar-refractivity contribution is -0.167. The lowest BCUT2D eigenvalue weighted by Gasteiger charge is -2.18. The van der Waals surface area contributed by atoms with Crippen LogP contribution in [0.5, 0.6) is 0 Å². The minimum Gasteiger partial charge on any atom is -0.462 e. The van der Waals surface area contributed by atoms with Gasteiger partial charge in [-0.15, -0.1) is 0 Å². The summed E-state index contributed by atoms with van der Waals surface area (Å²) >= 11 is 0. The van der Waals surface area contributed by atoms with Gasteiger partial charge in [0, 0.05) is 19.3 Å². The molecule has 0 radical (unpaired) electrons. The smallest absolute Gasteiger partial charge is 0.306 e. The maximum atomic E-state index is 12.8. The van der Waals surface area contributed by atoms with Gasteiger partial charge in [0.05, 0.1) is 0 Å². The molecular weight excluding hydrogens is 745 g/mol. The van der Waals surface area contributed by atoms with E-state index in [1.54, 1.807) is 0 Å². The molecule has 0 saturated carbocycles. The van der Waals surface area contributed by atoms with Gasteiger partial charge in [0.25, 0.3) is 0 Å². The summed E-state index contributed by atoms with van der Waals surface area (Å²) < 4.78 is 16.7. The molecule has 348 valence electrons. The van der Waals surface area contributed by atoms with E-state index in [9.17, 15) is 14.4 Å². The number of rotatable bonds is 46. The Bertz CT molecular complexity index is 1060. The van der Waals surface area contributed by atoms with Gasteiger partial charge >= 0.3 is 17.9 Å². The summed E-state index contributed by atoms with van der Waals surface area (Å²) in [5.41, 5.74) is 0.